The van der Waals surface area contributed by atoms with Crippen molar-refractivity contribution in [3.63, 3.8) is 0 Å². The number of halogens is 1. The molecule has 1 atom stereocenters. The summed E-state index contributed by atoms with van der Waals surface area (Å²) in [5.41, 5.74) is 6.21. The van der Waals surface area contributed by atoms with Crippen molar-refractivity contribution in [2.75, 3.05) is 6.61 Å². The molecule has 1 aromatic carbocycles. The second-order valence-electron chi connectivity index (χ2n) is 3.86. The van der Waals surface area contributed by atoms with E-state index in [2.05, 4.69) is 0 Å². The first-order valence-corrected chi connectivity index (χ1v) is 5.24. The molecule has 0 aliphatic carbocycles. The molecule has 84 valence electrons. The Morgan fingerprint density at radius 3 is 2.87 bits per heavy atom. The van der Waals surface area contributed by atoms with Crippen LogP contribution >= 0.6 is 0 Å². The molecule has 0 fully saturated rings. The minimum atomic E-state index is -0.265. The fourth-order valence-electron chi connectivity index (χ4n) is 1.32. The third kappa shape index (κ3) is 3.88. The van der Waals surface area contributed by atoms with Gasteiger partial charge < -0.3 is 10.5 Å². The first-order chi connectivity index (χ1) is 7.11. The minimum absolute atomic E-state index is 0.177. The Balaban J connectivity index is 2.41. The molecule has 2 N–H and O–H groups in total. The zero-order valence-corrected chi connectivity index (χ0v) is 9.29. The number of hydrogen-bond acceptors (Lipinski definition) is 2. The van der Waals surface area contributed by atoms with E-state index in [1.807, 2.05) is 6.92 Å². The third-order valence-electron chi connectivity index (χ3n) is 2.22. The van der Waals surface area contributed by atoms with Crippen LogP contribution in [0.5, 0.6) is 5.75 Å². The van der Waals surface area contributed by atoms with Gasteiger partial charge in [0, 0.05) is 6.04 Å². The summed E-state index contributed by atoms with van der Waals surface area (Å²) in [7, 11) is 0. The maximum atomic E-state index is 13.4. The van der Waals surface area contributed by atoms with E-state index >= 15 is 0 Å². The molecule has 0 aliphatic rings. The van der Waals surface area contributed by atoms with Gasteiger partial charge >= 0.3 is 0 Å². The van der Waals surface area contributed by atoms with Crippen molar-refractivity contribution in [3.8, 4) is 5.75 Å². The van der Waals surface area contributed by atoms with E-state index < -0.39 is 0 Å². The SMILES string of the molecule is Cc1cccc(OCCCC(C)N)c1F. The molecule has 3 heteroatoms. The van der Waals surface area contributed by atoms with Crippen LogP contribution in [0.3, 0.4) is 0 Å². The van der Waals surface area contributed by atoms with E-state index in [0.717, 1.165) is 12.8 Å². The highest BCUT2D eigenvalue weighted by molar-refractivity contribution is 5.29. The van der Waals surface area contributed by atoms with Crippen molar-refractivity contribution in [2.24, 2.45) is 5.73 Å². The maximum Gasteiger partial charge on any atom is 0.167 e. The third-order valence-corrected chi connectivity index (χ3v) is 2.22. The average molecular weight is 211 g/mol. The summed E-state index contributed by atoms with van der Waals surface area (Å²) in [6.07, 6.45) is 1.75. The van der Waals surface area contributed by atoms with Gasteiger partial charge in [-0.05, 0) is 38.3 Å². The number of hydrogen-bond donors (Lipinski definition) is 1. The van der Waals surface area contributed by atoms with Gasteiger partial charge in [0.25, 0.3) is 0 Å². The summed E-state index contributed by atoms with van der Waals surface area (Å²) in [6.45, 7) is 4.19. The number of benzene rings is 1. The maximum absolute atomic E-state index is 13.4. The highest BCUT2D eigenvalue weighted by atomic mass is 19.1. The molecule has 0 spiro atoms. The van der Waals surface area contributed by atoms with Crippen molar-refractivity contribution in [2.45, 2.75) is 32.7 Å². The van der Waals surface area contributed by atoms with Crippen molar-refractivity contribution in [1.29, 1.82) is 0 Å². The van der Waals surface area contributed by atoms with Crippen molar-refractivity contribution < 1.29 is 9.13 Å². The topological polar surface area (TPSA) is 35.2 Å². The van der Waals surface area contributed by atoms with E-state index in [1.165, 1.54) is 0 Å². The summed E-state index contributed by atoms with van der Waals surface area (Å²) >= 11 is 0. The van der Waals surface area contributed by atoms with Crippen molar-refractivity contribution in [1.82, 2.24) is 0 Å². The monoisotopic (exact) mass is 211 g/mol. The molecule has 0 heterocycles. The lowest BCUT2D eigenvalue weighted by Crippen LogP contribution is -2.15. The molecule has 0 radical (unpaired) electrons. The van der Waals surface area contributed by atoms with Gasteiger partial charge in [-0.3, -0.25) is 0 Å². The van der Waals surface area contributed by atoms with Gasteiger partial charge in [0.2, 0.25) is 0 Å². The fraction of sp³-hybridized carbons (Fsp3) is 0.500. The zero-order chi connectivity index (χ0) is 11.3. The summed E-state index contributed by atoms with van der Waals surface area (Å²) in [5.74, 6) is 0.0676. The molecule has 0 saturated heterocycles. The lowest BCUT2D eigenvalue weighted by Gasteiger charge is -2.09. The predicted molar refractivity (Wildman–Crippen MR) is 59.5 cm³/mol. The molecule has 0 aromatic heterocycles. The van der Waals surface area contributed by atoms with Gasteiger partial charge in [0.15, 0.2) is 11.6 Å². The van der Waals surface area contributed by atoms with Gasteiger partial charge in [0.1, 0.15) is 0 Å². The Hall–Kier alpha value is -1.09. The smallest absolute Gasteiger partial charge is 0.167 e. The van der Waals surface area contributed by atoms with E-state index in [-0.39, 0.29) is 11.9 Å². The van der Waals surface area contributed by atoms with Crippen LogP contribution in [-0.4, -0.2) is 12.6 Å². The first-order valence-electron chi connectivity index (χ1n) is 5.24. The summed E-state index contributed by atoms with van der Waals surface area (Å²) in [6, 6.07) is 5.34. The van der Waals surface area contributed by atoms with E-state index in [9.17, 15) is 4.39 Å². The Kier molecular flexibility index (Phi) is 4.56. The van der Waals surface area contributed by atoms with Crippen molar-refractivity contribution >= 4 is 0 Å². The lowest BCUT2D eigenvalue weighted by molar-refractivity contribution is 0.288. The van der Waals surface area contributed by atoms with E-state index in [1.54, 1.807) is 25.1 Å². The first kappa shape index (κ1) is 12.0. The summed E-state index contributed by atoms with van der Waals surface area (Å²) < 4.78 is 18.8. The summed E-state index contributed by atoms with van der Waals surface area (Å²) in [5, 5.41) is 0. The Bertz CT molecular complexity index is 312. The molecule has 0 bridgehead atoms. The number of ether oxygens (including phenoxy) is 1. The largest absolute Gasteiger partial charge is 0.491 e. The van der Waals surface area contributed by atoms with Crippen LogP contribution in [0.4, 0.5) is 4.39 Å². The molecular weight excluding hydrogens is 193 g/mol. The van der Waals surface area contributed by atoms with Crippen LogP contribution in [0.15, 0.2) is 18.2 Å². The van der Waals surface area contributed by atoms with Gasteiger partial charge in [0.05, 0.1) is 6.61 Å². The highest BCUT2D eigenvalue weighted by Gasteiger charge is 2.05. The minimum Gasteiger partial charge on any atom is -0.491 e. The zero-order valence-electron chi connectivity index (χ0n) is 9.29. The average Bonchev–Trinajstić information content (AvgIpc) is 2.18. The quantitative estimate of drug-likeness (QED) is 0.760. The molecular formula is C12H18FNO. The standard InChI is InChI=1S/C12H18FNO/c1-9-5-3-7-11(12(9)13)15-8-4-6-10(2)14/h3,5,7,10H,4,6,8,14H2,1-2H3. The number of aryl methyl sites for hydroxylation is 1. The second-order valence-corrected chi connectivity index (χ2v) is 3.86. The normalized spacial score (nSPS) is 12.5. The van der Waals surface area contributed by atoms with Crippen LogP contribution in [0.1, 0.15) is 25.3 Å². The highest BCUT2D eigenvalue weighted by Crippen LogP contribution is 2.19. The van der Waals surface area contributed by atoms with Crippen LogP contribution in [0.25, 0.3) is 0 Å². The van der Waals surface area contributed by atoms with Crippen LogP contribution in [-0.2, 0) is 0 Å². The van der Waals surface area contributed by atoms with Gasteiger partial charge in [-0.2, -0.15) is 0 Å². The van der Waals surface area contributed by atoms with Crippen LogP contribution in [0.2, 0.25) is 0 Å². The molecule has 0 amide bonds. The Labute approximate surface area is 90.2 Å². The number of nitrogens with two attached hydrogens (primary N) is 1. The Morgan fingerprint density at radius 2 is 2.20 bits per heavy atom. The lowest BCUT2D eigenvalue weighted by atomic mass is 10.2. The van der Waals surface area contributed by atoms with Crippen molar-refractivity contribution in [3.05, 3.63) is 29.6 Å². The van der Waals surface area contributed by atoms with Crippen LogP contribution < -0.4 is 10.5 Å². The molecule has 0 saturated carbocycles. The van der Waals surface area contributed by atoms with E-state index in [0.29, 0.717) is 17.9 Å². The second kappa shape index (κ2) is 5.71. The Morgan fingerprint density at radius 1 is 1.47 bits per heavy atom. The van der Waals surface area contributed by atoms with Crippen LogP contribution in [0, 0.1) is 12.7 Å². The van der Waals surface area contributed by atoms with E-state index in [4.69, 9.17) is 10.5 Å². The predicted octanol–water partition coefficient (Wildman–Crippen LogP) is 2.64. The molecule has 1 rings (SSSR count). The fourth-order valence-corrected chi connectivity index (χ4v) is 1.32. The van der Waals surface area contributed by atoms with Gasteiger partial charge in [-0.1, -0.05) is 12.1 Å². The number of rotatable bonds is 5. The molecule has 2 nitrogen and oxygen atoms in total. The molecule has 1 unspecified atom stereocenters. The molecule has 1 aromatic rings. The summed E-state index contributed by atoms with van der Waals surface area (Å²) in [4.78, 5) is 0. The molecule has 0 aliphatic heterocycles. The van der Waals surface area contributed by atoms with Gasteiger partial charge in [-0.25, -0.2) is 4.39 Å². The molecule has 15 heavy (non-hydrogen) atoms. The van der Waals surface area contributed by atoms with Gasteiger partial charge in [-0.15, -0.1) is 0 Å².